The van der Waals surface area contributed by atoms with Gasteiger partial charge in [-0.1, -0.05) is 77.2 Å². The molecule has 13 nitrogen and oxygen atoms in total. The van der Waals surface area contributed by atoms with Gasteiger partial charge in [0.2, 0.25) is 27.6 Å². The molecule has 2 heterocycles. The number of rotatable bonds is 14. The third kappa shape index (κ3) is 9.37. The molecule has 5 rings (SSSR count). The van der Waals surface area contributed by atoms with Crippen LogP contribution < -0.4 is 21.3 Å². The largest absolute Gasteiger partial charge is 0.346 e. The van der Waals surface area contributed by atoms with Gasteiger partial charge in [-0.15, -0.1) is 6.58 Å². The van der Waals surface area contributed by atoms with Gasteiger partial charge < -0.3 is 26.2 Å². The minimum absolute atomic E-state index is 0.0523. The average Bonchev–Trinajstić information content (AvgIpc) is 3.70. The van der Waals surface area contributed by atoms with Gasteiger partial charge in [0.1, 0.15) is 12.1 Å². The van der Waals surface area contributed by atoms with Crippen LogP contribution in [0.5, 0.6) is 0 Å². The third-order valence-corrected chi connectivity index (χ3v) is 12.6. The van der Waals surface area contributed by atoms with Gasteiger partial charge in [0, 0.05) is 32.2 Å². The summed E-state index contributed by atoms with van der Waals surface area (Å²) < 4.78 is 28.1. The maximum absolute atomic E-state index is 14.4. The summed E-state index contributed by atoms with van der Waals surface area (Å²) in [4.78, 5) is 69.2. The first-order valence-electron chi connectivity index (χ1n) is 18.4. The van der Waals surface area contributed by atoms with Crippen LogP contribution in [0, 0.1) is 17.3 Å². The van der Waals surface area contributed by atoms with Crippen LogP contribution in [-0.2, 0) is 35.7 Å². The van der Waals surface area contributed by atoms with E-state index in [1.807, 2.05) is 20.8 Å². The lowest BCUT2D eigenvalue weighted by Gasteiger charge is -2.37. The molecule has 3 fully saturated rings. The maximum Gasteiger partial charge on any atom is 0.315 e. The molecule has 14 heteroatoms. The van der Waals surface area contributed by atoms with Crippen molar-refractivity contribution in [1.82, 2.24) is 30.5 Å². The number of benzene rings is 1. The van der Waals surface area contributed by atoms with Crippen LogP contribution in [0.1, 0.15) is 90.5 Å². The third-order valence-electron chi connectivity index (χ3n) is 10.7. The highest BCUT2D eigenvalue weighted by Gasteiger charge is 2.44. The molecular weight excluding hydrogens is 673 g/mol. The summed E-state index contributed by atoms with van der Waals surface area (Å²) in [5, 5.41) is 11.3. The molecule has 280 valence electrons. The number of hydrogen-bond acceptors (Lipinski definition) is 7. The van der Waals surface area contributed by atoms with Gasteiger partial charge in [0.25, 0.3) is 5.91 Å². The fraction of sp³-hybridized carbons (Fsp3) is 0.649. The topological polar surface area (TPSA) is 174 Å². The molecule has 1 aromatic carbocycles. The molecule has 2 aliphatic heterocycles. The summed E-state index contributed by atoms with van der Waals surface area (Å²) in [6.45, 7) is 10.0. The van der Waals surface area contributed by atoms with Gasteiger partial charge in [0.15, 0.2) is 0 Å². The Labute approximate surface area is 301 Å². The van der Waals surface area contributed by atoms with Crippen LogP contribution >= 0.6 is 0 Å². The number of Topliss-reactive ketones (excluding diaryl/α,β-unsaturated/α-hetero) is 1. The van der Waals surface area contributed by atoms with Crippen LogP contribution in [0.3, 0.4) is 0 Å². The van der Waals surface area contributed by atoms with E-state index in [0.29, 0.717) is 31.4 Å². The van der Waals surface area contributed by atoms with Gasteiger partial charge in [-0.25, -0.2) is 13.2 Å². The number of ketones is 1. The van der Waals surface area contributed by atoms with Crippen LogP contribution in [0.4, 0.5) is 4.79 Å². The minimum Gasteiger partial charge on any atom is -0.346 e. The van der Waals surface area contributed by atoms with Gasteiger partial charge in [-0.05, 0) is 61.0 Å². The van der Waals surface area contributed by atoms with Crippen LogP contribution in [0.15, 0.2) is 41.8 Å². The monoisotopic (exact) mass is 726 g/mol. The first kappa shape index (κ1) is 38.5. The second-order valence-corrected chi connectivity index (χ2v) is 17.5. The zero-order valence-corrected chi connectivity index (χ0v) is 30.9. The Bertz CT molecular complexity index is 1600. The number of amides is 5. The van der Waals surface area contributed by atoms with E-state index in [4.69, 9.17) is 0 Å². The lowest BCUT2D eigenvalue weighted by atomic mass is 9.83. The second kappa shape index (κ2) is 16.3. The zero-order chi connectivity index (χ0) is 36.9. The van der Waals surface area contributed by atoms with E-state index < -0.39 is 63.2 Å². The highest BCUT2D eigenvalue weighted by atomic mass is 32.2. The first-order valence-corrected chi connectivity index (χ1v) is 19.8. The molecular formula is C37H54N6O7S. The summed E-state index contributed by atoms with van der Waals surface area (Å²) in [6.07, 6.45) is 9.01. The number of carbonyl (C=O) groups is 5. The number of nitrogens with zero attached hydrogens (tertiary/aromatic N) is 2. The fourth-order valence-electron chi connectivity index (χ4n) is 7.47. The van der Waals surface area contributed by atoms with Crippen molar-refractivity contribution < 1.29 is 32.4 Å². The Morgan fingerprint density at radius 1 is 0.941 bits per heavy atom. The van der Waals surface area contributed by atoms with Crippen molar-refractivity contribution >= 4 is 39.6 Å². The summed E-state index contributed by atoms with van der Waals surface area (Å²) in [7, 11) is -3.73. The van der Waals surface area contributed by atoms with Crippen molar-refractivity contribution in [3.8, 4) is 0 Å². The molecule has 0 aromatic heterocycles. The summed E-state index contributed by atoms with van der Waals surface area (Å²) in [5.74, 6) is -2.22. The Morgan fingerprint density at radius 2 is 1.65 bits per heavy atom. The summed E-state index contributed by atoms with van der Waals surface area (Å²) >= 11 is 0. The maximum atomic E-state index is 14.4. The van der Waals surface area contributed by atoms with E-state index in [1.54, 1.807) is 24.3 Å². The van der Waals surface area contributed by atoms with Crippen molar-refractivity contribution in [2.75, 3.05) is 19.6 Å². The molecule has 4 N–H and O–H groups in total. The number of urea groups is 1. The van der Waals surface area contributed by atoms with Crippen LogP contribution in [0.25, 0.3) is 0 Å². The number of fused-ring (bicyclic) bond motifs is 1. The smallest absolute Gasteiger partial charge is 0.315 e. The van der Waals surface area contributed by atoms with Crippen molar-refractivity contribution in [2.24, 2.45) is 17.3 Å². The molecule has 4 atom stereocenters. The van der Waals surface area contributed by atoms with Crippen molar-refractivity contribution in [2.45, 2.75) is 121 Å². The molecule has 1 unspecified atom stereocenters. The number of sulfonamides is 1. The lowest BCUT2D eigenvalue weighted by Crippen LogP contribution is -2.60. The SMILES string of the molecule is C=CCNC(=O)C(=O)C(CC1CC1)NC(=O)[C@@H]1CCCN1C(=O)[C@@H](NC(=O)N[C@H](CN1Cc2ccccc2S1(=O)=O)C(C)(C)C)C1CCCCC1. The van der Waals surface area contributed by atoms with E-state index in [2.05, 4.69) is 27.8 Å². The molecule has 2 aliphatic carbocycles. The van der Waals surface area contributed by atoms with Gasteiger partial charge in [-0.2, -0.15) is 4.31 Å². The average molecular weight is 727 g/mol. The van der Waals surface area contributed by atoms with E-state index in [1.165, 1.54) is 15.3 Å². The summed E-state index contributed by atoms with van der Waals surface area (Å²) in [6, 6.07) is 2.99. The standard InChI is InChI=1S/C37H54N6O7S/c1-5-19-38-34(46)32(44)27(21-24-17-18-24)39-33(45)28-15-11-20-43(28)35(47)31(25-12-7-6-8-13-25)41-36(48)40-30(37(2,3)4)23-42-22-26-14-9-10-16-29(26)51(42,49)50/h5,9-10,14,16,24-25,27-28,30-31H,1,6-8,11-13,15,17-23H2,2-4H3,(H,38,46)(H,39,45)(H2,40,41,48)/t27?,28-,30+,31-/m0/s1. The zero-order valence-electron chi connectivity index (χ0n) is 30.1. The van der Waals surface area contributed by atoms with Crippen molar-refractivity contribution in [1.29, 1.82) is 0 Å². The Kier molecular flexibility index (Phi) is 12.3. The molecule has 1 aromatic rings. The normalized spacial score (nSPS) is 22.3. The molecule has 5 amide bonds. The van der Waals surface area contributed by atoms with E-state index >= 15 is 0 Å². The second-order valence-electron chi connectivity index (χ2n) is 15.6. The molecule has 51 heavy (non-hydrogen) atoms. The van der Waals surface area contributed by atoms with E-state index in [-0.39, 0.29) is 42.3 Å². The van der Waals surface area contributed by atoms with Crippen LogP contribution in [-0.4, -0.2) is 91.0 Å². The van der Waals surface area contributed by atoms with E-state index in [9.17, 15) is 32.4 Å². The minimum atomic E-state index is -3.73. The lowest BCUT2D eigenvalue weighted by molar-refractivity contribution is -0.143. The van der Waals surface area contributed by atoms with Crippen molar-refractivity contribution in [3.05, 3.63) is 42.5 Å². The highest BCUT2D eigenvalue weighted by molar-refractivity contribution is 7.89. The Hall–Kier alpha value is -3.78. The summed E-state index contributed by atoms with van der Waals surface area (Å²) in [5.41, 5.74) is 0.183. The predicted octanol–water partition coefficient (Wildman–Crippen LogP) is 3.00. The fourth-order valence-corrected chi connectivity index (χ4v) is 9.12. The number of hydrogen-bond donors (Lipinski definition) is 4. The molecule has 1 saturated heterocycles. The highest BCUT2D eigenvalue weighted by Crippen LogP contribution is 2.35. The molecule has 0 bridgehead atoms. The van der Waals surface area contributed by atoms with Crippen LogP contribution in [0.2, 0.25) is 0 Å². The molecule has 4 aliphatic rings. The van der Waals surface area contributed by atoms with E-state index in [0.717, 1.165) is 44.9 Å². The van der Waals surface area contributed by atoms with Gasteiger partial charge in [0.05, 0.1) is 10.9 Å². The number of nitrogens with one attached hydrogen (secondary N) is 4. The van der Waals surface area contributed by atoms with Crippen molar-refractivity contribution in [3.63, 3.8) is 0 Å². The van der Waals surface area contributed by atoms with Gasteiger partial charge >= 0.3 is 6.03 Å². The Morgan fingerprint density at radius 3 is 2.29 bits per heavy atom. The predicted molar refractivity (Wildman–Crippen MR) is 192 cm³/mol. The first-order chi connectivity index (χ1) is 24.2. The Balaban J connectivity index is 1.29. The molecule has 0 radical (unpaired) electrons. The number of carbonyl (C=O) groups excluding carboxylic acids is 5. The van der Waals surface area contributed by atoms with Gasteiger partial charge in [-0.3, -0.25) is 19.2 Å². The molecule has 0 spiro atoms. The number of likely N-dealkylation sites (tertiary alicyclic amines) is 1. The molecule has 2 saturated carbocycles. The quantitative estimate of drug-likeness (QED) is 0.169.